The molecule has 0 unspecified atom stereocenters. The standard InChI is InChI=1S/2C9H7NO2.2C2H6/c2*1-10-8(11)6-4-2-3-5-7(6)9(10)12;2*1-2/h2*2-5H,1H3;2*1-2H3. The lowest BCUT2D eigenvalue weighted by molar-refractivity contribution is 0.0678. The Morgan fingerprint density at radius 1 is 0.464 bits per heavy atom. The largest absolute Gasteiger partial charge is 0.277 e. The van der Waals surface area contributed by atoms with Crippen molar-refractivity contribution in [1.82, 2.24) is 9.80 Å². The summed E-state index contributed by atoms with van der Waals surface area (Å²) in [5.41, 5.74) is 2.02. The number of amides is 4. The Bertz CT molecular complexity index is 746. The summed E-state index contributed by atoms with van der Waals surface area (Å²) < 4.78 is 0. The molecule has 2 aromatic rings. The van der Waals surface area contributed by atoms with Gasteiger partial charge in [0.2, 0.25) is 0 Å². The molecule has 0 N–H and O–H groups in total. The summed E-state index contributed by atoms with van der Waals surface area (Å²) in [7, 11) is 2.98. The molecule has 2 aliphatic rings. The molecule has 0 spiro atoms. The van der Waals surface area contributed by atoms with E-state index in [4.69, 9.17) is 0 Å². The Morgan fingerprint density at radius 3 is 0.821 bits per heavy atom. The molecule has 0 bridgehead atoms. The first kappa shape index (κ1) is 22.8. The van der Waals surface area contributed by atoms with E-state index < -0.39 is 0 Å². The fraction of sp³-hybridized carbons (Fsp3) is 0.273. The molecule has 0 aromatic heterocycles. The van der Waals surface area contributed by atoms with Crippen molar-refractivity contribution in [2.45, 2.75) is 27.7 Å². The van der Waals surface area contributed by atoms with Crippen molar-refractivity contribution in [3.05, 3.63) is 70.8 Å². The number of benzene rings is 2. The predicted octanol–water partition coefficient (Wildman–Crippen LogP) is 3.88. The average Bonchev–Trinajstić information content (AvgIpc) is 3.12. The fourth-order valence-electron chi connectivity index (χ4n) is 2.62. The van der Waals surface area contributed by atoms with Crippen molar-refractivity contribution in [3.63, 3.8) is 0 Å². The molecular weight excluding hydrogens is 356 g/mol. The summed E-state index contributed by atoms with van der Waals surface area (Å²) in [5.74, 6) is -0.850. The van der Waals surface area contributed by atoms with E-state index in [-0.39, 0.29) is 23.6 Å². The van der Waals surface area contributed by atoms with Crippen molar-refractivity contribution < 1.29 is 19.2 Å². The van der Waals surface area contributed by atoms with Crippen LogP contribution in [0.4, 0.5) is 0 Å². The van der Waals surface area contributed by atoms with Crippen molar-refractivity contribution in [2.75, 3.05) is 14.1 Å². The Morgan fingerprint density at radius 2 is 0.643 bits per heavy atom. The lowest BCUT2D eigenvalue weighted by Crippen LogP contribution is -2.24. The van der Waals surface area contributed by atoms with E-state index >= 15 is 0 Å². The molecule has 0 aliphatic carbocycles. The molecular formula is C22H26N2O4. The van der Waals surface area contributed by atoms with E-state index in [0.29, 0.717) is 22.3 Å². The maximum absolute atomic E-state index is 11.3. The third-order valence-corrected chi connectivity index (χ3v) is 3.99. The van der Waals surface area contributed by atoms with Crippen LogP contribution in [0.15, 0.2) is 48.5 Å². The highest BCUT2D eigenvalue weighted by molar-refractivity contribution is 6.21. The first-order valence-electron chi connectivity index (χ1n) is 9.26. The van der Waals surface area contributed by atoms with Crippen LogP contribution in [0.3, 0.4) is 0 Å². The molecule has 0 fully saturated rings. The molecule has 0 saturated heterocycles. The van der Waals surface area contributed by atoms with E-state index in [1.807, 2.05) is 27.7 Å². The van der Waals surface area contributed by atoms with Gasteiger partial charge < -0.3 is 0 Å². The lowest BCUT2D eigenvalue weighted by Gasteiger charge is -2.02. The van der Waals surface area contributed by atoms with E-state index in [1.165, 1.54) is 14.1 Å². The Balaban J connectivity index is 0.000000238. The smallest absolute Gasteiger partial charge is 0.261 e. The molecule has 28 heavy (non-hydrogen) atoms. The van der Waals surface area contributed by atoms with E-state index in [9.17, 15) is 19.2 Å². The second kappa shape index (κ2) is 10.2. The van der Waals surface area contributed by atoms with Crippen LogP contribution < -0.4 is 0 Å². The monoisotopic (exact) mass is 382 g/mol. The molecule has 0 saturated carbocycles. The number of imide groups is 2. The number of carbonyl (C=O) groups excluding carboxylic acids is 4. The number of carbonyl (C=O) groups is 4. The summed E-state index contributed by atoms with van der Waals surface area (Å²) in [4.78, 5) is 47.5. The predicted molar refractivity (Wildman–Crippen MR) is 108 cm³/mol. The van der Waals surface area contributed by atoms with Crippen LogP contribution in [0.2, 0.25) is 0 Å². The van der Waals surface area contributed by atoms with Crippen LogP contribution in [0.1, 0.15) is 69.1 Å². The minimum atomic E-state index is -0.212. The third kappa shape index (κ3) is 4.17. The van der Waals surface area contributed by atoms with Gasteiger partial charge in [-0.3, -0.25) is 29.0 Å². The zero-order chi connectivity index (χ0) is 21.4. The number of hydrogen-bond acceptors (Lipinski definition) is 4. The SMILES string of the molecule is CC.CC.CN1C(=O)c2ccccc2C1=O.CN1C(=O)c2ccccc2C1=O. The van der Waals surface area contributed by atoms with Gasteiger partial charge in [-0.05, 0) is 24.3 Å². The lowest BCUT2D eigenvalue weighted by atomic mass is 10.1. The minimum Gasteiger partial charge on any atom is -0.277 e. The van der Waals surface area contributed by atoms with Crippen LogP contribution in [-0.2, 0) is 0 Å². The van der Waals surface area contributed by atoms with E-state index in [1.54, 1.807) is 48.5 Å². The second-order valence-corrected chi connectivity index (χ2v) is 5.43. The van der Waals surface area contributed by atoms with Crippen LogP contribution in [0.5, 0.6) is 0 Å². The van der Waals surface area contributed by atoms with Gasteiger partial charge in [-0.15, -0.1) is 0 Å². The molecule has 6 nitrogen and oxygen atoms in total. The van der Waals surface area contributed by atoms with Gasteiger partial charge in [-0.1, -0.05) is 52.0 Å². The number of fused-ring (bicyclic) bond motifs is 2. The van der Waals surface area contributed by atoms with Gasteiger partial charge in [0.25, 0.3) is 23.6 Å². The Labute approximate surface area is 165 Å². The van der Waals surface area contributed by atoms with Gasteiger partial charge >= 0.3 is 0 Å². The Kier molecular flexibility index (Phi) is 8.26. The van der Waals surface area contributed by atoms with E-state index in [0.717, 1.165) is 9.80 Å². The number of rotatable bonds is 0. The third-order valence-electron chi connectivity index (χ3n) is 3.99. The second-order valence-electron chi connectivity index (χ2n) is 5.43. The molecule has 2 heterocycles. The summed E-state index contributed by atoms with van der Waals surface area (Å²) in [6.45, 7) is 8.00. The molecule has 4 amide bonds. The summed E-state index contributed by atoms with van der Waals surface area (Å²) in [6.07, 6.45) is 0. The molecule has 2 aliphatic heterocycles. The quantitative estimate of drug-likeness (QED) is 0.648. The molecule has 0 atom stereocenters. The van der Waals surface area contributed by atoms with Gasteiger partial charge in [0.1, 0.15) is 0 Å². The van der Waals surface area contributed by atoms with Crippen molar-refractivity contribution >= 4 is 23.6 Å². The molecule has 6 heteroatoms. The summed E-state index contributed by atoms with van der Waals surface area (Å²) >= 11 is 0. The summed E-state index contributed by atoms with van der Waals surface area (Å²) in [6, 6.07) is 13.7. The molecule has 4 rings (SSSR count). The van der Waals surface area contributed by atoms with Gasteiger partial charge in [0, 0.05) is 14.1 Å². The number of hydrogen-bond donors (Lipinski definition) is 0. The molecule has 2 aromatic carbocycles. The zero-order valence-electron chi connectivity index (χ0n) is 17.1. The zero-order valence-corrected chi connectivity index (χ0v) is 17.1. The van der Waals surface area contributed by atoms with Gasteiger partial charge in [0.15, 0.2) is 0 Å². The van der Waals surface area contributed by atoms with Gasteiger partial charge in [-0.2, -0.15) is 0 Å². The number of nitrogens with zero attached hydrogens (tertiary/aromatic N) is 2. The minimum absolute atomic E-state index is 0.212. The highest BCUT2D eigenvalue weighted by atomic mass is 16.2. The van der Waals surface area contributed by atoms with Gasteiger partial charge in [-0.25, -0.2) is 0 Å². The molecule has 148 valence electrons. The fourth-order valence-corrected chi connectivity index (χ4v) is 2.62. The van der Waals surface area contributed by atoms with Crippen molar-refractivity contribution in [1.29, 1.82) is 0 Å². The van der Waals surface area contributed by atoms with Crippen molar-refractivity contribution in [2.24, 2.45) is 0 Å². The van der Waals surface area contributed by atoms with E-state index in [2.05, 4.69) is 0 Å². The highest BCUT2D eigenvalue weighted by Crippen LogP contribution is 2.21. The van der Waals surface area contributed by atoms with Crippen LogP contribution in [0, 0.1) is 0 Å². The first-order valence-corrected chi connectivity index (χ1v) is 9.26. The van der Waals surface area contributed by atoms with Crippen molar-refractivity contribution in [3.8, 4) is 0 Å². The van der Waals surface area contributed by atoms with Crippen LogP contribution >= 0.6 is 0 Å². The maximum Gasteiger partial charge on any atom is 0.261 e. The molecule has 0 radical (unpaired) electrons. The highest BCUT2D eigenvalue weighted by Gasteiger charge is 2.32. The van der Waals surface area contributed by atoms with Crippen LogP contribution in [-0.4, -0.2) is 47.5 Å². The average molecular weight is 382 g/mol. The topological polar surface area (TPSA) is 74.8 Å². The van der Waals surface area contributed by atoms with Crippen LogP contribution in [0.25, 0.3) is 0 Å². The Hall–Kier alpha value is -3.28. The van der Waals surface area contributed by atoms with Gasteiger partial charge in [0.05, 0.1) is 22.3 Å². The maximum atomic E-state index is 11.3. The first-order chi connectivity index (χ1) is 13.4. The normalized spacial score (nSPS) is 13.5. The summed E-state index contributed by atoms with van der Waals surface area (Å²) in [5, 5.41) is 0.